The number of benzene rings is 2. The van der Waals surface area contributed by atoms with Gasteiger partial charge in [0, 0.05) is 23.3 Å². The molecule has 5 nitrogen and oxygen atoms in total. The van der Waals surface area contributed by atoms with Crippen LogP contribution in [0.1, 0.15) is 5.56 Å². The van der Waals surface area contributed by atoms with Gasteiger partial charge in [0.2, 0.25) is 0 Å². The summed E-state index contributed by atoms with van der Waals surface area (Å²) in [4.78, 5) is 22.6. The highest BCUT2D eigenvalue weighted by Crippen LogP contribution is 2.32. The van der Waals surface area contributed by atoms with Crippen molar-refractivity contribution in [2.45, 2.75) is 6.92 Å². The van der Waals surface area contributed by atoms with Crippen molar-refractivity contribution in [1.82, 2.24) is 0 Å². The van der Waals surface area contributed by atoms with Crippen LogP contribution in [-0.2, 0) is 9.59 Å². The largest absolute Gasteiger partial charge is 0.456 e. The minimum atomic E-state index is -0.509. The molecular formula is C23H18O5. The normalized spacial score (nSPS) is 10.2. The van der Waals surface area contributed by atoms with Crippen LogP contribution < -0.4 is 9.47 Å². The summed E-state index contributed by atoms with van der Waals surface area (Å²) in [5, 5.41) is 0. The zero-order valence-corrected chi connectivity index (χ0v) is 15.3. The number of hydrogen-bond donors (Lipinski definition) is 0. The summed E-state index contributed by atoms with van der Waals surface area (Å²) in [5.74, 6) is 1.23. The van der Waals surface area contributed by atoms with Gasteiger partial charge in [0.05, 0.1) is 0 Å². The third kappa shape index (κ3) is 4.27. The number of esters is 2. The molecule has 0 aliphatic rings. The summed E-state index contributed by atoms with van der Waals surface area (Å²) in [6.07, 6.45) is 2.23. The maximum Gasteiger partial charge on any atom is 0.335 e. The Morgan fingerprint density at radius 1 is 0.821 bits per heavy atom. The standard InChI is InChI=1S/C23H18O5/c1-4-22(24)26-17-8-6-16(7-9-17)20-12-13-21(28-20)19-11-10-18(14-15(19)3)27-23(25)5-2/h4-14H,1-2H2,3H3. The molecule has 0 aliphatic carbocycles. The third-order valence-electron chi connectivity index (χ3n) is 3.98. The van der Waals surface area contributed by atoms with E-state index in [2.05, 4.69) is 13.2 Å². The molecular weight excluding hydrogens is 356 g/mol. The Kier molecular flexibility index (Phi) is 5.56. The molecule has 3 rings (SSSR count). The first kappa shape index (κ1) is 18.9. The Labute approximate surface area is 162 Å². The Hall–Kier alpha value is -3.86. The van der Waals surface area contributed by atoms with Gasteiger partial charge in [0.1, 0.15) is 23.0 Å². The van der Waals surface area contributed by atoms with Gasteiger partial charge < -0.3 is 13.9 Å². The number of furan rings is 1. The molecule has 0 radical (unpaired) electrons. The van der Waals surface area contributed by atoms with Crippen LogP contribution in [0.15, 0.2) is 84.3 Å². The van der Waals surface area contributed by atoms with Crippen LogP contribution in [0.5, 0.6) is 11.5 Å². The summed E-state index contributed by atoms with van der Waals surface area (Å²) in [5.41, 5.74) is 2.64. The molecule has 0 N–H and O–H groups in total. The van der Waals surface area contributed by atoms with E-state index in [4.69, 9.17) is 13.9 Å². The third-order valence-corrected chi connectivity index (χ3v) is 3.98. The minimum absolute atomic E-state index is 0.431. The monoisotopic (exact) mass is 374 g/mol. The average Bonchev–Trinajstić information content (AvgIpc) is 3.18. The number of rotatable bonds is 6. The number of ether oxygens (including phenoxy) is 2. The van der Waals surface area contributed by atoms with Gasteiger partial charge in [-0.05, 0) is 67.1 Å². The molecule has 2 aromatic carbocycles. The summed E-state index contributed by atoms with van der Waals surface area (Å²) < 4.78 is 16.2. The van der Waals surface area contributed by atoms with E-state index < -0.39 is 11.9 Å². The van der Waals surface area contributed by atoms with Crippen LogP contribution in [0.2, 0.25) is 0 Å². The Morgan fingerprint density at radius 2 is 1.39 bits per heavy atom. The molecule has 1 aromatic heterocycles. The topological polar surface area (TPSA) is 65.7 Å². The van der Waals surface area contributed by atoms with Crippen LogP contribution in [0.3, 0.4) is 0 Å². The number of carbonyl (C=O) groups is 2. The fraction of sp³-hybridized carbons (Fsp3) is 0.0435. The van der Waals surface area contributed by atoms with Gasteiger partial charge in [-0.1, -0.05) is 13.2 Å². The number of hydrogen-bond acceptors (Lipinski definition) is 5. The van der Waals surface area contributed by atoms with Crippen molar-refractivity contribution in [3.05, 3.63) is 85.5 Å². The average molecular weight is 374 g/mol. The molecule has 0 amide bonds. The van der Waals surface area contributed by atoms with Gasteiger partial charge in [0.25, 0.3) is 0 Å². The lowest BCUT2D eigenvalue weighted by molar-refractivity contribution is -0.129. The van der Waals surface area contributed by atoms with Gasteiger partial charge in [-0.2, -0.15) is 0 Å². The van der Waals surface area contributed by atoms with Gasteiger partial charge in [-0.3, -0.25) is 0 Å². The van der Waals surface area contributed by atoms with Crippen molar-refractivity contribution in [3.63, 3.8) is 0 Å². The predicted octanol–water partition coefficient (Wildman–Crippen LogP) is 5.10. The second kappa shape index (κ2) is 8.22. The quantitative estimate of drug-likeness (QED) is 0.341. The number of carbonyl (C=O) groups excluding carboxylic acids is 2. The Balaban J connectivity index is 1.80. The first-order chi connectivity index (χ1) is 13.5. The fourth-order valence-electron chi connectivity index (χ4n) is 2.62. The molecule has 0 aliphatic heterocycles. The van der Waals surface area contributed by atoms with E-state index >= 15 is 0 Å². The minimum Gasteiger partial charge on any atom is -0.456 e. The molecule has 28 heavy (non-hydrogen) atoms. The van der Waals surface area contributed by atoms with Crippen molar-refractivity contribution in [3.8, 4) is 34.1 Å². The molecule has 0 unspecified atom stereocenters. The Morgan fingerprint density at radius 3 is 2.00 bits per heavy atom. The Bertz CT molecular complexity index is 1040. The summed E-state index contributed by atoms with van der Waals surface area (Å²) >= 11 is 0. The molecule has 5 heteroatoms. The molecule has 0 bridgehead atoms. The highest BCUT2D eigenvalue weighted by Gasteiger charge is 2.11. The maximum absolute atomic E-state index is 11.3. The van der Waals surface area contributed by atoms with E-state index in [-0.39, 0.29) is 0 Å². The summed E-state index contributed by atoms with van der Waals surface area (Å²) in [6.45, 7) is 8.66. The van der Waals surface area contributed by atoms with Gasteiger partial charge in [-0.15, -0.1) is 0 Å². The van der Waals surface area contributed by atoms with Crippen LogP contribution >= 0.6 is 0 Å². The van der Waals surface area contributed by atoms with Crippen molar-refractivity contribution in [2.75, 3.05) is 0 Å². The van der Waals surface area contributed by atoms with Crippen molar-refractivity contribution >= 4 is 11.9 Å². The SMILES string of the molecule is C=CC(=O)Oc1ccc(-c2ccc(-c3ccc(OC(=O)C=C)cc3C)o2)cc1. The molecule has 0 fully saturated rings. The van der Waals surface area contributed by atoms with E-state index in [9.17, 15) is 9.59 Å². The molecule has 0 spiro atoms. The van der Waals surface area contributed by atoms with Gasteiger partial charge >= 0.3 is 11.9 Å². The van der Waals surface area contributed by atoms with Crippen LogP contribution in [-0.4, -0.2) is 11.9 Å². The van der Waals surface area contributed by atoms with Gasteiger partial charge in [-0.25, -0.2) is 9.59 Å². The fourth-order valence-corrected chi connectivity index (χ4v) is 2.62. The molecule has 0 saturated carbocycles. The molecule has 3 aromatic rings. The lowest BCUT2D eigenvalue weighted by atomic mass is 10.1. The van der Waals surface area contributed by atoms with Crippen LogP contribution in [0, 0.1) is 6.92 Å². The zero-order chi connectivity index (χ0) is 20.1. The van der Waals surface area contributed by atoms with E-state index in [0.29, 0.717) is 23.0 Å². The molecule has 140 valence electrons. The van der Waals surface area contributed by atoms with Crippen molar-refractivity contribution < 1.29 is 23.5 Å². The first-order valence-corrected chi connectivity index (χ1v) is 8.50. The smallest absolute Gasteiger partial charge is 0.335 e. The predicted molar refractivity (Wildman–Crippen MR) is 106 cm³/mol. The van der Waals surface area contributed by atoms with Crippen molar-refractivity contribution in [2.24, 2.45) is 0 Å². The lowest BCUT2D eigenvalue weighted by Crippen LogP contribution is -2.03. The van der Waals surface area contributed by atoms with E-state index in [1.54, 1.807) is 36.4 Å². The zero-order valence-electron chi connectivity index (χ0n) is 15.3. The van der Waals surface area contributed by atoms with Crippen LogP contribution in [0.25, 0.3) is 22.6 Å². The van der Waals surface area contributed by atoms with E-state index in [0.717, 1.165) is 28.8 Å². The highest BCUT2D eigenvalue weighted by molar-refractivity contribution is 5.84. The van der Waals surface area contributed by atoms with Crippen LogP contribution in [0.4, 0.5) is 0 Å². The van der Waals surface area contributed by atoms with Gasteiger partial charge in [0.15, 0.2) is 0 Å². The molecule has 0 saturated heterocycles. The van der Waals surface area contributed by atoms with Crippen molar-refractivity contribution in [1.29, 1.82) is 0 Å². The summed E-state index contributed by atoms with van der Waals surface area (Å²) in [7, 11) is 0. The lowest BCUT2D eigenvalue weighted by Gasteiger charge is -2.07. The molecule has 0 atom stereocenters. The second-order valence-corrected chi connectivity index (χ2v) is 5.92. The second-order valence-electron chi connectivity index (χ2n) is 5.92. The molecule has 1 heterocycles. The maximum atomic E-state index is 11.3. The van der Waals surface area contributed by atoms with E-state index in [1.807, 2.05) is 25.1 Å². The van der Waals surface area contributed by atoms with E-state index in [1.165, 1.54) is 0 Å². The first-order valence-electron chi connectivity index (χ1n) is 8.50. The highest BCUT2D eigenvalue weighted by atomic mass is 16.5. The number of aryl methyl sites for hydroxylation is 1. The summed E-state index contributed by atoms with van der Waals surface area (Å²) in [6, 6.07) is 16.0.